The fourth-order valence-corrected chi connectivity index (χ4v) is 3.25. The maximum atomic E-state index is 12.5. The minimum absolute atomic E-state index is 0.0215. The number of carbonyl (C=O) groups excluding carboxylic acids is 2. The van der Waals surface area contributed by atoms with Crippen LogP contribution in [0.4, 0.5) is 5.69 Å². The summed E-state index contributed by atoms with van der Waals surface area (Å²) < 4.78 is 10.9. The Kier molecular flexibility index (Phi) is 8.37. The largest absolute Gasteiger partial charge is 0.494 e. The lowest BCUT2D eigenvalue weighted by atomic mass is 10.1. The summed E-state index contributed by atoms with van der Waals surface area (Å²) in [6.45, 7) is 5.03. The van der Waals surface area contributed by atoms with Crippen LogP contribution in [0.1, 0.15) is 40.5 Å². The number of carbonyl (C=O) groups is 2. The van der Waals surface area contributed by atoms with Gasteiger partial charge in [0, 0.05) is 29.9 Å². The number of morpholine rings is 1. The van der Waals surface area contributed by atoms with Crippen LogP contribution < -0.4 is 15.4 Å². The van der Waals surface area contributed by atoms with Crippen molar-refractivity contribution in [3.8, 4) is 5.75 Å². The van der Waals surface area contributed by atoms with E-state index in [1.807, 2.05) is 6.07 Å². The summed E-state index contributed by atoms with van der Waals surface area (Å²) in [5.41, 5.74) is 1.74. The number of hydrogen-bond acceptors (Lipinski definition) is 5. The molecule has 2 N–H and O–H groups in total. The summed E-state index contributed by atoms with van der Waals surface area (Å²) in [4.78, 5) is 26.8. The highest BCUT2D eigenvalue weighted by Crippen LogP contribution is 2.15. The van der Waals surface area contributed by atoms with E-state index in [2.05, 4.69) is 17.6 Å². The molecule has 0 unspecified atom stereocenters. The van der Waals surface area contributed by atoms with Crippen molar-refractivity contribution in [1.29, 1.82) is 0 Å². The minimum Gasteiger partial charge on any atom is -0.494 e. The van der Waals surface area contributed by atoms with Crippen molar-refractivity contribution in [2.75, 3.05) is 38.2 Å². The number of benzene rings is 2. The molecular formula is C23H27N3O4S. The van der Waals surface area contributed by atoms with Crippen molar-refractivity contribution >= 4 is 34.8 Å². The van der Waals surface area contributed by atoms with E-state index in [0.29, 0.717) is 55.5 Å². The standard InChI is InChI=1S/C23H27N3O4S/c1-2-3-13-30-20-6-4-5-18(16-20)21(27)25-23(31)24-19-9-7-17(8-10-19)22(28)26-11-14-29-15-12-26/h4-10,16H,2-3,11-15H2,1H3,(H2,24,25,27,31). The Bertz CT molecular complexity index is 911. The van der Waals surface area contributed by atoms with Gasteiger partial charge in [0.15, 0.2) is 5.11 Å². The first-order valence-corrected chi connectivity index (χ1v) is 10.8. The monoisotopic (exact) mass is 441 g/mol. The summed E-state index contributed by atoms with van der Waals surface area (Å²) >= 11 is 5.25. The average Bonchev–Trinajstić information content (AvgIpc) is 2.80. The first-order chi connectivity index (χ1) is 15.1. The summed E-state index contributed by atoms with van der Waals surface area (Å²) in [6, 6.07) is 14.0. The lowest BCUT2D eigenvalue weighted by Gasteiger charge is -2.26. The third-order valence-electron chi connectivity index (χ3n) is 4.78. The number of unbranched alkanes of at least 4 members (excludes halogenated alkanes) is 1. The Morgan fingerprint density at radius 2 is 1.84 bits per heavy atom. The zero-order chi connectivity index (χ0) is 22.1. The number of thiocarbonyl (C=S) groups is 1. The van der Waals surface area contributed by atoms with Gasteiger partial charge in [0.1, 0.15) is 5.75 Å². The van der Waals surface area contributed by atoms with Crippen LogP contribution in [0.2, 0.25) is 0 Å². The molecule has 1 aliphatic heterocycles. The number of amides is 2. The topological polar surface area (TPSA) is 79.9 Å². The van der Waals surface area contributed by atoms with E-state index in [0.717, 1.165) is 12.8 Å². The zero-order valence-electron chi connectivity index (χ0n) is 17.6. The third-order valence-corrected chi connectivity index (χ3v) is 4.98. The molecule has 164 valence electrons. The SMILES string of the molecule is CCCCOc1cccc(C(=O)NC(=S)Nc2ccc(C(=O)N3CCOCC3)cc2)c1. The molecule has 0 radical (unpaired) electrons. The van der Waals surface area contributed by atoms with Gasteiger partial charge < -0.3 is 19.7 Å². The normalized spacial score (nSPS) is 13.4. The molecule has 2 aromatic carbocycles. The van der Waals surface area contributed by atoms with E-state index in [9.17, 15) is 9.59 Å². The Hall–Kier alpha value is -2.97. The van der Waals surface area contributed by atoms with Crippen LogP contribution in [0.15, 0.2) is 48.5 Å². The fraction of sp³-hybridized carbons (Fsp3) is 0.348. The van der Waals surface area contributed by atoms with Gasteiger partial charge in [0.25, 0.3) is 11.8 Å². The zero-order valence-corrected chi connectivity index (χ0v) is 18.4. The quantitative estimate of drug-likeness (QED) is 0.506. The smallest absolute Gasteiger partial charge is 0.257 e. The summed E-state index contributed by atoms with van der Waals surface area (Å²) in [5.74, 6) is 0.310. The highest BCUT2D eigenvalue weighted by Gasteiger charge is 2.18. The predicted molar refractivity (Wildman–Crippen MR) is 124 cm³/mol. The first kappa shape index (κ1) is 22.7. The van der Waals surface area contributed by atoms with Crippen LogP contribution in [0.25, 0.3) is 0 Å². The number of nitrogens with one attached hydrogen (secondary N) is 2. The van der Waals surface area contributed by atoms with E-state index in [4.69, 9.17) is 21.7 Å². The Morgan fingerprint density at radius 3 is 2.55 bits per heavy atom. The molecule has 0 aromatic heterocycles. The minimum atomic E-state index is -0.322. The van der Waals surface area contributed by atoms with Gasteiger partial charge in [-0.05, 0) is 61.1 Å². The Morgan fingerprint density at radius 1 is 1.10 bits per heavy atom. The maximum absolute atomic E-state index is 12.5. The molecule has 1 saturated heterocycles. The molecule has 0 saturated carbocycles. The van der Waals surface area contributed by atoms with Crippen molar-refractivity contribution in [3.63, 3.8) is 0 Å². The summed E-state index contributed by atoms with van der Waals surface area (Å²) in [7, 11) is 0. The van der Waals surface area contributed by atoms with E-state index in [1.54, 1.807) is 47.4 Å². The van der Waals surface area contributed by atoms with E-state index >= 15 is 0 Å². The van der Waals surface area contributed by atoms with E-state index < -0.39 is 0 Å². The molecule has 8 heteroatoms. The Balaban J connectivity index is 1.52. The van der Waals surface area contributed by atoms with Gasteiger partial charge in [-0.15, -0.1) is 0 Å². The average molecular weight is 442 g/mol. The predicted octanol–water partition coefficient (Wildman–Crippen LogP) is 3.46. The van der Waals surface area contributed by atoms with Crippen LogP contribution in [0.3, 0.4) is 0 Å². The summed E-state index contributed by atoms with van der Waals surface area (Å²) in [5, 5.41) is 5.81. The highest BCUT2D eigenvalue weighted by atomic mass is 32.1. The highest BCUT2D eigenvalue weighted by molar-refractivity contribution is 7.80. The second-order valence-corrected chi connectivity index (χ2v) is 7.53. The molecule has 0 atom stereocenters. The van der Waals surface area contributed by atoms with Crippen LogP contribution in [0, 0.1) is 0 Å². The third kappa shape index (κ3) is 6.77. The number of nitrogens with zero attached hydrogens (tertiary/aromatic N) is 1. The van der Waals surface area contributed by atoms with Crippen LogP contribution in [0.5, 0.6) is 5.75 Å². The number of anilines is 1. The molecule has 0 aliphatic carbocycles. The van der Waals surface area contributed by atoms with Crippen molar-refractivity contribution in [2.45, 2.75) is 19.8 Å². The lowest BCUT2D eigenvalue weighted by molar-refractivity contribution is 0.0303. The van der Waals surface area contributed by atoms with Gasteiger partial charge in [0.2, 0.25) is 0 Å². The Labute approximate surface area is 187 Å². The number of rotatable bonds is 7. The van der Waals surface area contributed by atoms with Gasteiger partial charge in [0.05, 0.1) is 19.8 Å². The first-order valence-electron chi connectivity index (χ1n) is 10.4. The van der Waals surface area contributed by atoms with Crippen molar-refractivity contribution in [3.05, 3.63) is 59.7 Å². The fourth-order valence-electron chi connectivity index (χ4n) is 3.04. The molecule has 1 fully saturated rings. The summed E-state index contributed by atoms with van der Waals surface area (Å²) in [6.07, 6.45) is 2.00. The van der Waals surface area contributed by atoms with Crippen LogP contribution in [-0.2, 0) is 4.74 Å². The second-order valence-electron chi connectivity index (χ2n) is 7.12. The van der Waals surface area contributed by atoms with Crippen molar-refractivity contribution in [2.24, 2.45) is 0 Å². The lowest BCUT2D eigenvalue weighted by Crippen LogP contribution is -2.40. The second kappa shape index (κ2) is 11.4. The molecule has 2 aromatic rings. The van der Waals surface area contributed by atoms with E-state index in [-0.39, 0.29) is 16.9 Å². The number of hydrogen-bond donors (Lipinski definition) is 2. The number of ether oxygens (including phenoxy) is 2. The molecule has 3 rings (SSSR count). The van der Waals surface area contributed by atoms with Crippen LogP contribution in [-0.4, -0.2) is 54.7 Å². The maximum Gasteiger partial charge on any atom is 0.257 e. The molecule has 1 aliphatic rings. The molecule has 1 heterocycles. The molecule has 2 amide bonds. The molecule has 0 bridgehead atoms. The van der Waals surface area contributed by atoms with Crippen LogP contribution >= 0.6 is 12.2 Å². The molecule has 31 heavy (non-hydrogen) atoms. The molecular weight excluding hydrogens is 414 g/mol. The van der Waals surface area contributed by atoms with Gasteiger partial charge in [-0.3, -0.25) is 14.9 Å². The molecule has 7 nitrogen and oxygen atoms in total. The van der Waals surface area contributed by atoms with Crippen molar-refractivity contribution in [1.82, 2.24) is 10.2 Å². The van der Waals surface area contributed by atoms with Gasteiger partial charge in [-0.25, -0.2) is 0 Å². The van der Waals surface area contributed by atoms with Gasteiger partial charge >= 0.3 is 0 Å². The molecule has 0 spiro atoms. The van der Waals surface area contributed by atoms with Gasteiger partial charge in [-0.2, -0.15) is 0 Å². The van der Waals surface area contributed by atoms with Crippen molar-refractivity contribution < 1.29 is 19.1 Å². The van der Waals surface area contributed by atoms with E-state index in [1.165, 1.54) is 0 Å². The van der Waals surface area contributed by atoms with Gasteiger partial charge in [-0.1, -0.05) is 19.4 Å².